The van der Waals surface area contributed by atoms with E-state index in [1.54, 1.807) is 0 Å². The first-order chi connectivity index (χ1) is 27.8. The van der Waals surface area contributed by atoms with Gasteiger partial charge < -0.3 is 9.32 Å². The number of hydrogen-bond donors (Lipinski definition) is 0. The van der Waals surface area contributed by atoms with Crippen LogP contribution < -0.4 is 4.90 Å². The molecular weight excluding hydrogens is 679 g/mol. The van der Waals surface area contributed by atoms with Crippen molar-refractivity contribution in [3.8, 4) is 44.5 Å². The van der Waals surface area contributed by atoms with Crippen LogP contribution in [0.4, 0.5) is 11.4 Å². The van der Waals surface area contributed by atoms with Crippen LogP contribution in [0.2, 0.25) is 0 Å². The molecule has 1 aromatic heterocycles. The third-order valence-corrected chi connectivity index (χ3v) is 11.0. The molecule has 0 fully saturated rings. The van der Waals surface area contributed by atoms with Gasteiger partial charge in [-0.3, -0.25) is 0 Å². The molecular formula is C54H39NO. The molecule has 9 aromatic rings. The molecule has 0 aliphatic heterocycles. The summed E-state index contributed by atoms with van der Waals surface area (Å²) >= 11 is 0. The van der Waals surface area contributed by atoms with Crippen LogP contribution in [0.3, 0.4) is 0 Å². The van der Waals surface area contributed by atoms with Gasteiger partial charge in [0.25, 0.3) is 0 Å². The van der Waals surface area contributed by atoms with Gasteiger partial charge in [0.2, 0.25) is 0 Å². The highest BCUT2D eigenvalue weighted by Crippen LogP contribution is 2.41. The smallest absolute Gasteiger partial charge is 0.143 e. The molecule has 0 spiro atoms. The summed E-state index contributed by atoms with van der Waals surface area (Å²) in [6.07, 6.45) is 7.94. The van der Waals surface area contributed by atoms with Gasteiger partial charge in [0.05, 0.1) is 6.04 Å². The SMILES string of the molecule is C1=CC(N(c2ccccc2)c2ccc(-c3cccc4c3oc3c(-c5ccccc5)cccc34)cc2)CC=C1c1ccc(-c2ccccc2)c(-c2ccccc2)c1. The third kappa shape index (κ3) is 6.22. The largest absolute Gasteiger partial charge is 0.455 e. The lowest BCUT2D eigenvalue weighted by Crippen LogP contribution is -2.30. The molecule has 56 heavy (non-hydrogen) atoms. The molecule has 0 amide bonds. The molecule has 1 heterocycles. The maximum absolute atomic E-state index is 6.75. The van der Waals surface area contributed by atoms with Crippen LogP contribution in [-0.2, 0) is 0 Å². The van der Waals surface area contributed by atoms with Gasteiger partial charge in [-0.25, -0.2) is 0 Å². The molecule has 0 saturated carbocycles. The molecule has 2 nitrogen and oxygen atoms in total. The number of rotatable bonds is 8. The average Bonchev–Trinajstić information content (AvgIpc) is 3.68. The predicted molar refractivity (Wildman–Crippen MR) is 236 cm³/mol. The summed E-state index contributed by atoms with van der Waals surface area (Å²) in [5.74, 6) is 0. The van der Waals surface area contributed by atoms with Crippen molar-refractivity contribution in [1.29, 1.82) is 0 Å². The van der Waals surface area contributed by atoms with Crippen LogP contribution in [0, 0.1) is 0 Å². The fraction of sp³-hybridized carbons (Fsp3) is 0.0370. The number of fused-ring (bicyclic) bond motifs is 3. The second-order valence-electron chi connectivity index (χ2n) is 14.4. The minimum Gasteiger partial charge on any atom is -0.455 e. The van der Waals surface area contributed by atoms with Crippen LogP contribution >= 0.6 is 0 Å². The Bertz CT molecular complexity index is 2850. The molecule has 0 bridgehead atoms. The zero-order valence-corrected chi connectivity index (χ0v) is 30.9. The van der Waals surface area contributed by atoms with Crippen LogP contribution in [0.1, 0.15) is 12.0 Å². The maximum Gasteiger partial charge on any atom is 0.143 e. The van der Waals surface area contributed by atoms with Crippen molar-refractivity contribution >= 4 is 38.9 Å². The van der Waals surface area contributed by atoms with E-state index in [1.165, 1.54) is 33.4 Å². The van der Waals surface area contributed by atoms with Gasteiger partial charge in [-0.05, 0) is 81.3 Å². The van der Waals surface area contributed by atoms with E-state index >= 15 is 0 Å². The molecule has 0 N–H and O–H groups in total. The van der Waals surface area contributed by atoms with E-state index in [0.717, 1.165) is 62.0 Å². The Hall–Kier alpha value is -7.16. The molecule has 8 aromatic carbocycles. The predicted octanol–water partition coefficient (Wildman–Crippen LogP) is 14.8. The van der Waals surface area contributed by atoms with Crippen molar-refractivity contribution in [2.24, 2.45) is 0 Å². The molecule has 1 atom stereocenters. The van der Waals surface area contributed by atoms with Crippen LogP contribution in [0.15, 0.2) is 223 Å². The number of para-hydroxylation sites is 3. The Balaban J connectivity index is 0.972. The lowest BCUT2D eigenvalue weighted by Gasteiger charge is -2.33. The lowest BCUT2D eigenvalue weighted by atomic mass is 9.89. The highest BCUT2D eigenvalue weighted by molar-refractivity contribution is 6.13. The molecule has 2 heteroatoms. The number of furan rings is 1. The van der Waals surface area contributed by atoms with E-state index in [0.29, 0.717) is 0 Å². The number of hydrogen-bond acceptors (Lipinski definition) is 2. The zero-order chi connectivity index (χ0) is 37.3. The van der Waals surface area contributed by atoms with Gasteiger partial charge in [0.15, 0.2) is 0 Å². The number of nitrogens with zero attached hydrogens (tertiary/aromatic N) is 1. The van der Waals surface area contributed by atoms with E-state index in [9.17, 15) is 0 Å². The molecule has 10 rings (SSSR count). The maximum atomic E-state index is 6.75. The van der Waals surface area contributed by atoms with Gasteiger partial charge in [0.1, 0.15) is 11.2 Å². The minimum absolute atomic E-state index is 0.152. The Morgan fingerprint density at radius 1 is 0.393 bits per heavy atom. The lowest BCUT2D eigenvalue weighted by molar-refractivity contribution is 0.671. The van der Waals surface area contributed by atoms with E-state index in [-0.39, 0.29) is 6.04 Å². The number of anilines is 2. The fourth-order valence-electron chi connectivity index (χ4n) is 8.28. The van der Waals surface area contributed by atoms with E-state index < -0.39 is 0 Å². The minimum atomic E-state index is 0.152. The summed E-state index contributed by atoms with van der Waals surface area (Å²) in [5.41, 5.74) is 16.0. The first-order valence-electron chi connectivity index (χ1n) is 19.4. The van der Waals surface area contributed by atoms with E-state index in [4.69, 9.17) is 4.42 Å². The van der Waals surface area contributed by atoms with Gasteiger partial charge >= 0.3 is 0 Å². The Kier molecular flexibility index (Phi) is 8.70. The topological polar surface area (TPSA) is 16.4 Å². The monoisotopic (exact) mass is 717 g/mol. The van der Waals surface area contributed by atoms with Crippen molar-refractivity contribution in [1.82, 2.24) is 0 Å². The van der Waals surface area contributed by atoms with E-state index in [2.05, 4.69) is 223 Å². The first-order valence-corrected chi connectivity index (χ1v) is 19.4. The van der Waals surface area contributed by atoms with Gasteiger partial charge in [-0.2, -0.15) is 0 Å². The summed E-state index contributed by atoms with van der Waals surface area (Å²) in [6.45, 7) is 0. The van der Waals surface area contributed by atoms with Gasteiger partial charge in [0, 0.05) is 33.3 Å². The summed E-state index contributed by atoms with van der Waals surface area (Å²) < 4.78 is 6.75. The molecule has 0 radical (unpaired) electrons. The van der Waals surface area contributed by atoms with Crippen LogP contribution in [0.5, 0.6) is 0 Å². The Morgan fingerprint density at radius 3 is 1.43 bits per heavy atom. The summed E-state index contributed by atoms with van der Waals surface area (Å²) in [4.78, 5) is 2.45. The highest BCUT2D eigenvalue weighted by atomic mass is 16.3. The average molecular weight is 718 g/mol. The summed E-state index contributed by atoms with van der Waals surface area (Å²) in [7, 11) is 0. The molecule has 0 saturated heterocycles. The molecule has 1 aliphatic carbocycles. The van der Waals surface area contributed by atoms with Crippen molar-refractivity contribution in [2.75, 3.05) is 4.90 Å². The van der Waals surface area contributed by atoms with Crippen LogP contribution in [-0.4, -0.2) is 6.04 Å². The van der Waals surface area contributed by atoms with Crippen molar-refractivity contribution in [3.63, 3.8) is 0 Å². The van der Waals surface area contributed by atoms with Gasteiger partial charge in [-0.1, -0.05) is 188 Å². The Labute approximate surface area is 327 Å². The second kappa shape index (κ2) is 14.6. The normalized spacial score (nSPS) is 13.9. The highest BCUT2D eigenvalue weighted by Gasteiger charge is 2.22. The van der Waals surface area contributed by atoms with Crippen LogP contribution in [0.25, 0.3) is 72.0 Å². The zero-order valence-electron chi connectivity index (χ0n) is 30.9. The number of allylic oxidation sites excluding steroid dienone is 2. The standard InChI is InChI=1S/C54H39NO/c1-5-15-39(16-6-1)47-36-31-43(37-52(47)41-19-9-3-10-20-41)38-27-32-45(33-28-38)55(44-21-11-4-12-22-44)46-34-29-42(30-35-46)49-24-14-26-51-50-25-13-23-48(53(50)56-54(49)51)40-17-7-2-8-18-40/h1-32,34-37,45H,33H2. The Morgan fingerprint density at radius 2 is 0.875 bits per heavy atom. The number of benzene rings is 8. The molecule has 1 aliphatic rings. The molecule has 1 unspecified atom stereocenters. The van der Waals surface area contributed by atoms with Crippen molar-refractivity contribution in [3.05, 3.63) is 224 Å². The first kappa shape index (κ1) is 33.4. The quantitative estimate of drug-likeness (QED) is 0.156. The molecule has 266 valence electrons. The van der Waals surface area contributed by atoms with Gasteiger partial charge in [-0.15, -0.1) is 0 Å². The third-order valence-electron chi connectivity index (χ3n) is 11.0. The van der Waals surface area contributed by atoms with Crippen molar-refractivity contribution < 1.29 is 4.42 Å². The summed E-state index contributed by atoms with van der Waals surface area (Å²) in [5, 5.41) is 2.26. The van der Waals surface area contributed by atoms with E-state index in [1.807, 2.05) is 0 Å². The fourth-order valence-corrected chi connectivity index (χ4v) is 8.28. The second-order valence-corrected chi connectivity index (χ2v) is 14.4. The summed E-state index contributed by atoms with van der Waals surface area (Å²) in [6, 6.07) is 71.6. The van der Waals surface area contributed by atoms with Crippen molar-refractivity contribution in [2.45, 2.75) is 12.5 Å².